The lowest BCUT2D eigenvalue weighted by Gasteiger charge is -2.09. The van der Waals surface area contributed by atoms with Crippen LogP contribution in [0.15, 0.2) is 95.4 Å². The molecular formula is C30H24O4S. The summed E-state index contributed by atoms with van der Waals surface area (Å²) in [5, 5.41) is 11.2. The number of carbonyl (C=O) groups is 2. The van der Waals surface area contributed by atoms with Crippen LogP contribution < -0.4 is 0 Å². The molecule has 5 rings (SSSR count). The zero-order valence-corrected chi connectivity index (χ0v) is 20.0. The number of para-hydroxylation sites is 2. The molecule has 0 spiro atoms. The number of carbonyl (C=O) groups excluding carboxylic acids is 1. The zero-order chi connectivity index (χ0) is 24.4. The summed E-state index contributed by atoms with van der Waals surface area (Å²) in [6, 6.07) is 29.3. The number of hydrogen-bond acceptors (Lipinski definition) is 4. The largest absolute Gasteiger partial charge is 0.481 e. The summed E-state index contributed by atoms with van der Waals surface area (Å²) in [6.45, 7) is 1.70. The Bertz CT molecular complexity index is 1550. The summed E-state index contributed by atoms with van der Waals surface area (Å²) in [6.07, 6.45) is 0. The first kappa shape index (κ1) is 22.9. The standard InChI is InChI=1S/C30H24O4S/c1-19(30(32)33)17-35-18-20-7-4-9-22(15-20)28(31)23-10-5-8-21(16-23)24-12-6-13-26-25-11-2-3-14-27(25)34-29(24)26/h2-16,19H,17-18H2,1H3,(H,32,33). The van der Waals surface area contributed by atoms with Gasteiger partial charge in [0.15, 0.2) is 5.78 Å². The molecule has 0 bridgehead atoms. The highest BCUT2D eigenvalue weighted by Crippen LogP contribution is 2.36. The predicted octanol–water partition coefficient (Wildman–Crippen LogP) is 7.44. The zero-order valence-electron chi connectivity index (χ0n) is 19.2. The summed E-state index contributed by atoms with van der Waals surface area (Å²) in [5.41, 5.74) is 5.76. The van der Waals surface area contributed by atoms with Gasteiger partial charge >= 0.3 is 5.97 Å². The van der Waals surface area contributed by atoms with Gasteiger partial charge in [0.25, 0.3) is 0 Å². The van der Waals surface area contributed by atoms with Gasteiger partial charge in [-0.1, -0.05) is 79.7 Å². The molecule has 0 amide bonds. The third-order valence-corrected chi connectivity index (χ3v) is 7.36. The number of thioether (sulfide) groups is 1. The third kappa shape index (κ3) is 4.73. The van der Waals surface area contributed by atoms with Gasteiger partial charge in [-0.25, -0.2) is 0 Å². The first-order valence-electron chi connectivity index (χ1n) is 11.5. The van der Waals surface area contributed by atoms with Crippen molar-refractivity contribution in [2.24, 2.45) is 5.92 Å². The lowest BCUT2D eigenvalue weighted by molar-refractivity contribution is -0.140. The van der Waals surface area contributed by atoms with E-state index >= 15 is 0 Å². The summed E-state index contributed by atoms with van der Waals surface area (Å²) in [5.74, 6) is -0.0480. The van der Waals surface area contributed by atoms with Gasteiger partial charge in [0.05, 0.1) is 5.92 Å². The first-order chi connectivity index (χ1) is 17.0. The molecule has 4 aromatic carbocycles. The lowest BCUT2D eigenvalue weighted by atomic mass is 9.96. The summed E-state index contributed by atoms with van der Waals surface area (Å²) >= 11 is 1.56. The van der Waals surface area contributed by atoms with Crippen molar-refractivity contribution in [2.45, 2.75) is 12.7 Å². The highest BCUT2D eigenvalue weighted by atomic mass is 32.2. The highest BCUT2D eigenvalue weighted by Gasteiger charge is 2.15. The Kier molecular flexibility index (Phi) is 6.43. The number of aliphatic carboxylic acids is 1. The van der Waals surface area contributed by atoms with E-state index in [1.165, 1.54) is 0 Å². The molecule has 1 aromatic heterocycles. The van der Waals surface area contributed by atoms with Gasteiger partial charge in [-0.2, -0.15) is 11.8 Å². The monoisotopic (exact) mass is 480 g/mol. The minimum absolute atomic E-state index is 0.0469. The van der Waals surface area contributed by atoms with Crippen molar-refractivity contribution >= 4 is 45.5 Å². The molecule has 1 heterocycles. The lowest BCUT2D eigenvalue weighted by Crippen LogP contribution is -2.11. The van der Waals surface area contributed by atoms with E-state index < -0.39 is 11.9 Å². The summed E-state index contributed by atoms with van der Waals surface area (Å²) in [4.78, 5) is 24.4. The molecule has 5 aromatic rings. The van der Waals surface area contributed by atoms with Crippen molar-refractivity contribution in [1.29, 1.82) is 0 Å². The van der Waals surface area contributed by atoms with Gasteiger partial charge in [-0.15, -0.1) is 0 Å². The SMILES string of the molecule is CC(CSCc1cccc(C(=O)c2cccc(-c3cccc4c3oc3ccccc34)c2)c1)C(=O)O. The summed E-state index contributed by atoms with van der Waals surface area (Å²) in [7, 11) is 0. The number of rotatable bonds is 8. The van der Waals surface area contributed by atoms with Crippen molar-refractivity contribution in [1.82, 2.24) is 0 Å². The number of benzene rings is 4. The maximum atomic E-state index is 13.3. The Balaban J connectivity index is 1.42. The van der Waals surface area contributed by atoms with Crippen molar-refractivity contribution < 1.29 is 19.1 Å². The molecular weight excluding hydrogens is 456 g/mol. The Morgan fingerprint density at radius 3 is 2.40 bits per heavy atom. The maximum Gasteiger partial charge on any atom is 0.307 e. The molecule has 1 atom stereocenters. The number of carboxylic acid groups (broad SMARTS) is 1. The first-order valence-corrected chi connectivity index (χ1v) is 12.6. The average Bonchev–Trinajstić information content (AvgIpc) is 3.27. The Labute approximate surface area is 207 Å². The quantitative estimate of drug-likeness (QED) is 0.234. The molecule has 174 valence electrons. The smallest absolute Gasteiger partial charge is 0.307 e. The van der Waals surface area contributed by atoms with Crippen molar-refractivity contribution in [3.05, 3.63) is 108 Å². The molecule has 0 saturated carbocycles. The van der Waals surface area contributed by atoms with Crippen molar-refractivity contribution in [3.63, 3.8) is 0 Å². The number of carboxylic acids is 1. The second-order valence-corrected chi connectivity index (χ2v) is 9.68. The van der Waals surface area contributed by atoms with Crippen LogP contribution in [0.1, 0.15) is 28.4 Å². The third-order valence-electron chi connectivity index (χ3n) is 6.09. The molecule has 5 heteroatoms. The van der Waals surface area contributed by atoms with Crippen LogP contribution in [0.25, 0.3) is 33.1 Å². The van der Waals surface area contributed by atoms with Gasteiger partial charge in [-0.05, 0) is 29.3 Å². The van der Waals surface area contributed by atoms with Crippen molar-refractivity contribution in [3.8, 4) is 11.1 Å². The van der Waals surface area contributed by atoms with E-state index in [1.807, 2.05) is 78.9 Å². The Morgan fingerprint density at radius 1 is 0.857 bits per heavy atom. The molecule has 0 radical (unpaired) electrons. The van der Waals surface area contributed by atoms with E-state index in [9.17, 15) is 9.59 Å². The molecule has 0 aliphatic heterocycles. The minimum Gasteiger partial charge on any atom is -0.481 e. The topological polar surface area (TPSA) is 67.5 Å². The molecule has 1 unspecified atom stereocenters. The van der Waals surface area contributed by atoms with Crippen LogP contribution in [0.5, 0.6) is 0 Å². The van der Waals surface area contributed by atoms with Gasteiger partial charge < -0.3 is 9.52 Å². The van der Waals surface area contributed by atoms with Crippen LogP contribution >= 0.6 is 11.8 Å². The fraction of sp³-hybridized carbons (Fsp3) is 0.133. The molecule has 0 saturated heterocycles. The van der Waals surface area contributed by atoms with E-state index in [2.05, 4.69) is 12.1 Å². The number of hydrogen-bond donors (Lipinski definition) is 1. The van der Waals surface area contributed by atoms with Gasteiger partial charge in [-0.3, -0.25) is 9.59 Å². The average molecular weight is 481 g/mol. The van der Waals surface area contributed by atoms with Gasteiger partial charge in [0.1, 0.15) is 11.2 Å². The van der Waals surface area contributed by atoms with Crippen LogP contribution in [0.3, 0.4) is 0 Å². The summed E-state index contributed by atoms with van der Waals surface area (Å²) < 4.78 is 6.18. The molecule has 0 aliphatic carbocycles. The maximum absolute atomic E-state index is 13.3. The van der Waals surface area contributed by atoms with Crippen LogP contribution in [-0.2, 0) is 10.5 Å². The molecule has 0 fully saturated rings. The van der Waals surface area contributed by atoms with E-state index in [4.69, 9.17) is 9.52 Å². The van der Waals surface area contributed by atoms with Gasteiger partial charge in [0.2, 0.25) is 0 Å². The molecule has 35 heavy (non-hydrogen) atoms. The fourth-order valence-electron chi connectivity index (χ4n) is 4.20. The van der Waals surface area contributed by atoms with Crippen molar-refractivity contribution in [2.75, 3.05) is 5.75 Å². The molecule has 4 nitrogen and oxygen atoms in total. The van der Waals surface area contributed by atoms with Gasteiger partial charge in [0, 0.05) is 39.0 Å². The van der Waals surface area contributed by atoms with E-state index in [0.29, 0.717) is 22.6 Å². The number of furan rings is 1. The second kappa shape index (κ2) is 9.80. The fourth-order valence-corrected chi connectivity index (χ4v) is 5.23. The van der Waals surface area contributed by atoms with Crippen LogP contribution in [0.4, 0.5) is 0 Å². The predicted molar refractivity (Wildman–Crippen MR) is 142 cm³/mol. The highest BCUT2D eigenvalue weighted by molar-refractivity contribution is 7.98. The Morgan fingerprint density at radius 2 is 1.57 bits per heavy atom. The van der Waals surface area contributed by atoms with Crippen LogP contribution in [0.2, 0.25) is 0 Å². The molecule has 1 N–H and O–H groups in total. The number of ketones is 1. The van der Waals surface area contributed by atoms with Crippen LogP contribution in [0, 0.1) is 5.92 Å². The second-order valence-electron chi connectivity index (χ2n) is 8.65. The van der Waals surface area contributed by atoms with E-state index in [0.717, 1.165) is 38.6 Å². The van der Waals surface area contributed by atoms with E-state index in [1.54, 1.807) is 18.7 Å². The molecule has 0 aliphatic rings. The number of fused-ring (bicyclic) bond motifs is 3. The Hall–Kier alpha value is -3.83. The normalized spacial score (nSPS) is 12.1. The minimum atomic E-state index is -0.792. The van der Waals surface area contributed by atoms with E-state index in [-0.39, 0.29) is 5.78 Å². The van der Waals surface area contributed by atoms with Crippen LogP contribution in [-0.4, -0.2) is 22.6 Å².